The first kappa shape index (κ1) is 18.3. The number of hydrogen-bond donors (Lipinski definition) is 1. The lowest BCUT2D eigenvalue weighted by Gasteiger charge is -2.33. The number of rotatable bonds is 5. The topological polar surface area (TPSA) is 58.6 Å². The second kappa shape index (κ2) is 7.91. The lowest BCUT2D eigenvalue weighted by Crippen LogP contribution is -2.48. The zero-order valence-corrected chi connectivity index (χ0v) is 16.2. The lowest BCUT2D eigenvalue weighted by molar-refractivity contribution is -0.132. The number of carbonyl (C=O) groups excluding carboxylic acids is 2. The summed E-state index contributed by atoms with van der Waals surface area (Å²) in [7, 11) is 1.63. The Balaban J connectivity index is 1.25. The summed E-state index contributed by atoms with van der Waals surface area (Å²) >= 11 is 0. The van der Waals surface area contributed by atoms with Gasteiger partial charge < -0.3 is 15.0 Å². The molecule has 1 saturated heterocycles. The Hall–Kier alpha value is -2.04. The molecular weight excluding hydrogens is 340 g/mol. The van der Waals surface area contributed by atoms with Crippen molar-refractivity contribution in [3.05, 3.63) is 29.8 Å². The third-order valence-electron chi connectivity index (χ3n) is 6.80. The highest BCUT2D eigenvalue weighted by molar-refractivity contribution is 5.80. The minimum atomic E-state index is 0.136. The first-order valence-electron chi connectivity index (χ1n) is 10.3. The van der Waals surface area contributed by atoms with Gasteiger partial charge in [0.05, 0.1) is 13.5 Å². The van der Waals surface area contributed by atoms with Crippen molar-refractivity contribution in [2.45, 2.75) is 51.0 Å². The molecule has 5 heteroatoms. The van der Waals surface area contributed by atoms with Crippen LogP contribution < -0.4 is 10.1 Å². The number of carbonyl (C=O) groups is 2. The van der Waals surface area contributed by atoms with Gasteiger partial charge in [-0.25, -0.2) is 0 Å². The zero-order chi connectivity index (χ0) is 18.8. The molecule has 146 valence electrons. The summed E-state index contributed by atoms with van der Waals surface area (Å²) in [6.07, 6.45) is 6.97. The molecule has 1 N–H and O–H groups in total. The summed E-state index contributed by atoms with van der Waals surface area (Å²) < 4.78 is 5.35. The Kier molecular flexibility index (Phi) is 5.37. The average molecular weight is 370 g/mol. The zero-order valence-electron chi connectivity index (χ0n) is 16.2. The Morgan fingerprint density at radius 2 is 1.89 bits per heavy atom. The fourth-order valence-electron chi connectivity index (χ4n) is 5.27. The van der Waals surface area contributed by atoms with Crippen LogP contribution in [0.25, 0.3) is 0 Å². The second-order valence-electron chi connectivity index (χ2n) is 8.43. The fourth-order valence-corrected chi connectivity index (χ4v) is 5.27. The molecule has 0 radical (unpaired) electrons. The maximum atomic E-state index is 12.6. The highest BCUT2D eigenvalue weighted by atomic mass is 16.5. The van der Waals surface area contributed by atoms with E-state index in [1.807, 2.05) is 29.2 Å². The average Bonchev–Trinajstić information content (AvgIpc) is 3.32. The molecule has 1 aromatic carbocycles. The van der Waals surface area contributed by atoms with Crippen LogP contribution in [0.1, 0.15) is 44.1 Å². The number of fused-ring (bicyclic) bond motifs is 2. The smallest absolute Gasteiger partial charge is 0.227 e. The maximum Gasteiger partial charge on any atom is 0.227 e. The molecular formula is C22H30N2O3. The van der Waals surface area contributed by atoms with Crippen LogP contribution in [0.2, 0.25) is 0 Å². The molecule has 2 bridgehead atoms. The van der Waals surface area contributed by atoms with Gasteiger partial charge in [-0.3, -0.25) is 9.59 Å². The number of nitrogens with zero attached hydrogens (tertiary/aromatic N) is 1. The van der Waals surface area contributed by atoms with Gasteiger partial charge in [-0.1, -0.05) is 24.6 Å². The quantitative estimate of drug-likeness (QED) is 0.867. The highest BCUT2D eigenvalue weighted by Crippen LogP contribution is 2.48. The summed E-state index contributed by atoms with van der Waals surface area (Å²) in [5.74, 6) is 2.82. The number of ether oxygens (including phenoxy) is 1. The Labute approximate surface area is 161 Å². The summed E-state index contributed by atoms with van der Waals surface area (Å²) in [5.41, 5.74) is 0.928. The molecule has 27 heavy (non-hydrogen) atoms. The summed E-state index contributed by atoms with van der Waals surface area (Å²) in [6, 6.07) is 7.89. The van der Waals surface area contributed by atoms with Crippen molar-refractivity contribution in [3.8, 4) is 5.75 Å². The van der Waals surface area contributed by atoms with Gasteiger partial charge in [0.2, 0.25) is 11.8 Å². The van der Waals surface area contributed by atoms with Crippen molar-refractivity contribution in [1.29, 1.82) is 0 Å². The van der Waals surface area contributed by atoms with Crippen molar-refractivity contribution in [1.82, 2.24) is 10.2 Å². The number of methoxy groups -OCH3 is 1. The van der Waals surface area contributed by atoms with Crippen LogP contribution in [0.3, 0.4) is 0 Å². The summed E-state index contributed by atoms with van der Waals surface area (Å²) in [6.45, 7) is 1.44. The molecule has 3 fully saturated rings. The van der Waals surface area contributed by atoms with E-state index < -0.39 is 0 Å². The van der Waals surface area contributed by atoms with Crippen molar-refractivity contribution < 1.29 is 14.3 Å². The van der Waals surface area contributed by atoms with Crippen molar-refractivity contribution in [2.24, 2.45) is 17.8 Å². The number of hydrogen-bond acceptors (Lipinski definition) is 3. The number of nitrogens with one attached hydrogen (secondary N) is 1. The molecule has 2 amide bonds. The third-order valence-corrected chi connectivity index (χ3v) is 6.80. The molecule has 3 unspecified atom stereocenters. The molecule has 0 aromatic heterocycles. The van der Waals surface area contributed by atoms with Crippen LogP contribution in [0.4, 0.5) is 0 Å². The Bertz CT molecular complexity index is 697. The van der Waals surface area contributed by atoms with Gasteiger partial charge in [-0.2, -0.15) is 0 Å². The number of benzene rings is 1. The standard InChI is InChI=1S/C22H30N2O3/c1-27-20-5-3-2-4-17(20)14-21(25)24-10-8-18(9-11-24)23-22(26)19-13-15-6-7-16(19)12-15/h2-5,15-16,18-19H,6-14H2,1H3,(H,23,26). The van der Waals surface area contributed by atoms with Gasteiger partial charge in [0.15, 0.2) is 0 Å². The molecule has 3 atom stereocenters. The molecule has 0 spiro atoms. The molecule has 2 saturated carbocycles. The van der Waals surface area contributed by atoms with Crippen molar-refractivity contribution in [3.63, 3.8) is 0 Å². The van der Waals surface area contributed by atoms with E-state index in [1.54, 1.807) is 7.11 Å². The molecule has 3 aliphatic rings. The SMILES string of the molecule is COc1ccccc1CC(=O)N1CCC(NC(=O)C2CC3CCC2C3)CC1. The van der Waals surface area contributed by atoms with E-state index in [2.05, 4.69) is 5.32 Å². The van der Waals surface area contributed by atoms with Crippen LogP contribution in [-0.2, 0) is 16.0 Å². The van der Waals surface area contributed by atoms with E-state index in [4.69, 9.17) is 4.74 Å². The van der Waals surface area contributed by atoms with Crippen molar-refractivity contribution in [2.75, 3.05) is 20.2 Å². The van der Waals surface area contributed by atoms with Gasteiger partial charge in [-0.05, 0) is 50.0 Å². The second-order valence-corrected chi connectivity index (χ2v) is 8.43. The minimum Gasteiger partial charge on any atom is -0.496 e. The van der Waals surface area contributed by atoms with Crippen LogP contribution in [-0.4, -0.2) is 43.0 Å². The van der Waals surface area contributed by atoms with Gasteiger partial charge in [-0.15, -0.1) is 0 Å². The molecule has 1 aliphatic heterocycles. The largest absolute Gasteiger partial charge is 0.496 e. The number of piperidine rings is 1. The van der Waals surface area contributed by atoms with E-state index in [9.17, 15) is 9.59 Å². The first-order chi connectivity index (χ1) is 13.1. The first-order valence-corrected chi connectivity index (χ1v) is 10.3. The van der Waals surface area contributed by atoms with Crippen LogP contribution in [0.15, 0.2) is 24.3 Å². The normalized spacial score (nSPS) is 27.6. The predicted molar refractivity (Wildman–Crippen MR) is 103 cm³/mol. The predicted octanol–water partition coefficient (Wildman–Crippen LogP) is 2.78. The Morgan fingerprint density at radius 1 is 1.11 bits per heavy atom. The molecule has 4 rings (SSSR count). The van der Waals surface area contributed by atoms with E-state index in [1.165, 1.54) is 19.3 Å². The maximum absolute atomic E-state index is 12.6. The lowest BCUT2D eigenvalue weighted by atomic mass is 9.87. The van der Waals surface area contributed by atoms with Crippen LogP contribution in [0.5, 0.6) is 5.75 Å². The number of para-hydroxylation sites is 1. The monoisotopic (exact) mass is 370 g/mol. The molecule has 5 nitrogen and oxygen atoms in total. The fraction of sp³-hybridized carbons (Fsp3) is 0.636. The van der Waals surface area contributed by atoms with Gasteiger partial charge >= 0.3 is 0 Å². The van der Waals surface area contributed by atoms with Gasteiger partial charge in [0.25, 0.3) is 0 Å². The van der Waals surface area contributed by atoms with Gasteiger partial charge in [0.1, 0.15) is 5.75 Å². The van der Waals surface area contributed by atoms with E-state index in [0.29, 0.717) is 12.3 Å². The number of amides is 2. The highest BCUT2D eigenvalue weighted by Gasteiger charge is 2.43. The summed E-state index contributed by atoms with van der Waals surface area (Å²) in [5, 5.41) is 3.28. The minimum absolute atomic E-state index is 0.136. The van der Waals surface area contributed by atoms with Crippen LogP contribution in [0, 0.1) is 17.8 Å². The third kappa shape index (κ3) is 3.97. The van der Waals surface area contributed by atoms with Gasteiger partial charge in [0, 0.05) is 30.6 Å². The molecule has 1 aromatic rings. The van der Waals surface area contributed by atoms with Crippen LogP contribution >= 0.6 is 0 Å². The molecule has 1 heterocycles. The van der Waals surface area contributed by atoms with Crippen molar-refractivity contribution >= 4 is 11.8 Å². The summed E-state index contributed by atoms with van der Waals surface area (Å²) in [4.78, 5) is 27.2. The number of likely N-dealkylation sites (tertiary alicyclic amines) is 1. The van der Waals surface area contributed by atoms with E-state index in [-0.39, 0.29) is 23.8 Å². The Morgan fingerprint density at radius 3 is 2.56 bits per heavy atom. The van der Waals surface area contributed by atoms with E-state index in [0.717, 1.165) is 49.6 Å². The molecule has 2 aliphatic carbocycles. The van der Waals surface area contributed by atoms with E-state index >= 15 is 0 Å².